The minimum absolute atomic E-state index is 0.500. The molecule has 0 fully saturated rings. The van der Waals surface area contributed by atoms with Crippen LogP contribution in [0.2, 0.25) is 0 Å². The SMILES string of the molecule is Cc1ccc(C#N)cc1OCc1cncs1. The van der Waals surface area contributed by atoms with Crippen molar-refractivity contribution in [2.75, 3.05) is 0 Å². The Labute approximate surface area is 97.9 Å². The van der Waals surface area contributed by atoms with Crippen LogP contribution in [0.25, 0.3) is 0 Å². The summed E-state index contributed by atoms with van der Waals surface area (Å²) in [5.41, 5.74) is 3.42. The van der Waals surface area contributed by atoms with Crippen LogP contribution in [0.15, 0.2) is 29.9 Å². The van der Waals surface area contributed by atoms with Gasteiger partial charge in [0, 0.05) is 6.20 Å². The number of aryl methyl sites for hydroxylation is 1. The molecule has 0 saturated carbocycles. The Morgan fingerprint density at radius 3 is 3.06 bits per heavy atom. The maximum Gasteiger partial charge on any atom is 0.124 e. The normalized spacial score (nSPS) is 9.75. The predicted molar refractivity (Wildman–Crippen MR) is 62.3 cm³/mol. The summed E-state index contributed by atoms with van der Waals surface area (Å²) in [6.45, 7) is 2.46. The van der Waals surface area contributed by atoms with E-state index in [1.165, 1.54) is 0 Å². The Morgan fingerprint density at radius 1 is 1.50 bits per heavy atom. The van der Waals surface area contributed by atoms with Crippen molar-refractivity contribution in [1.82, 2.24) is 4.98 Å². The molecule has 0 amide bonds. The molecule has 1 aromatic heterocycles. The number of nitrogens with zero attached hydrogens (tertiary/aromatic N) is 2. The maximum absolute atomic E-state index is 8.79. The van der Waals surface area contributed by atoms with Crippen molar-refractivity contribution in [3.8, 4) is 11.8 Å². The summed E-state index contributed by atoms with van der Waals surface area (Å²) in [5, 5.41) is 8.79. The number of nitriles is 1. The molecule has 80 valence electrons. The van der Waals surface area contributed by atoms with Crippen LogP contribution in [0.3, 0.4) is 0 Å². The first-order valence-corrected chi connectivity index (χ1v) is 5.68. The van der Waals surface area contributed by atoms with Crippen LogP contribution < -0.4 is 4.74 Å². The van der Waals surface area contributed by atoms with Gasteiger partial charge in [0.05, 0.1) is 22.0 Å². The summed E-state index contributed by atoms with van der Waals surface area (Å²) >= 11 is 1.56. The molecule has 0 radical (unpaired) electrons. The second-order valence-corrected chi connectivity index (χ2v) is 4.32. The van der Waals surface area contributed by atoms with E-state index >= 15 is 0 Å². The van der Waals surface area contributed by atoms with E-state index in [9.17, 15) is 0 Å². The third-order valence-corrected chi connectivity index (χ3v) is 2.92. The standard InChI is InChI=1S/C12H10N2OS/c1-9-2-3-10(5-13)4-12(9)15-7-11-6-14-8-16-11/h2-4,6,8H,7H2,1H3. The first-order chi connectivity index (χ1) is 7.79. The minimum atomic E-state index is 0.500. The van der Waals surface area contributed by atoms with Gasteiger partial charge in [0.15, 0.2) is 0 Å². The smallest absolute Gasteiger partial charge is 0.124 e. The van der Waals surface area contributed by atoms with Crippen molar-refractivity contribution in [2.24, 2.45) is 0 Å². The van der Waals surface area contributed by atoms with Gasteiger partial charge in [0.2, 0.25) is 0 Å². The molecule has 1 aromatic carbocycles. The molecule has 0 aliphatic carbocycles. The van der Waals surface area contributed by atoms with Crippen LogP contribution >= 0.6 is 11.3 Å². The van der Waals surface area contributed by atoms with Gasteiger partial charge in [-0.05, 0) is 24.6 Å². The molecule has 4 heteroatoms. The van der Waals surface area contributed by atoms with Crippen LogP contribution in [0.1, 0.15) is 16.0 Å². The van der Waals surface area contributed by atoms with Crippen molar-refractivity contribution in [3.05, 3.63) is 45.9 Å². The summed E-state index contributed by atoms with van der Waals surface area (Å²) in [4.78, 5) is 5.05. The lowest BCUT2D eigenvalue weighted by atomic mass is 10.1. The summed E-state index contributed by atoms with van der Waals surface area (Å²) in [5.74, 6) is 0.757. The highest BCUT2D eigenvalue weighted by molar-refractivity contribution is 7.09. The molecule has 0 N–H and O–H groups in total. The fourth-order valence-corrected chi connectivity index (χ4v) is 1.79. The van der Waals surface area contributed by atoms with Crippen LogP contribution in [0.5, 0.6) is 5.75 Å². The first kappa shape index (κ1) is 10.7. The average Bonchev–Trinajstić information content (AvgIpc) is 2.81. The molecule has 1 heterocycles. The van der Waals surface area contributed by atoms with Gasteiger partial charge in [-0.2, -0.15) is 5.26 Å². The second kappa shape index (κ2) is 4.77. The van der Waals surface area contributed by atoms with Gasteiger partial charge >= 0.3 is 0 Å². The molecule has 16 heavy (non-hydrogen) atoms. The number of thiazole rings is 1. The Bertz CT molecular complexity index is 514. The van der Waals surface area contributed by atoms with Gasteiger partial charge in [-0.25, -0.2) is 0 Å². The van der Waals surface area contributed by atoms with Crippen molar-refractivity contribution in [1.29, 1.82) is 5.26 Å². The van der Waals surface area contributed by atoms with E-state index in [4.69, 9.17) is 10.00 Å². The lowest BCUT2D eigenvalue weighted by Crippen LogP contribution is -1.95. The zero-order valence-corrected chi connectivity index (χ0v) is 9.62. The third-order valence-electron chi connectivity index (χ3n) is 2.17. The summed E-state index contributed by atoms with van der Waals surface area (Å²) in [7, 11) is 0. The minimum Gasteiger partial charge on any atom is -0.488 e. The highest BCUT2D eigenvalue weighted by atomic mass is 32.1. The van der Waals surface area contributed by atoms with E-state index in [1.54, 1.807) is 35.2 Å². The van der Waals surface area contributed by atoms with Crippen LogP contribution in [-0.4, -0.2) is 4.98 Å². The van der Waals surface area contributed by atoms with Gasteiger partial charge < -0.3 is 4.74 Å². The van der Waals surface area contributed by atoms with Crippen molar-refractivity contribution >= 4 is 11.3 Å². The number of aromatic nitrogens is 1. The molecule has 0 aliphatic rings. The van der Waals surface area contributed by atoms with Crippen LogP contribution in [-0.2, 0) is 6.61 Å². The van der Waals surface area contributed by atoms with E-state index in [0.717, 1.165) is 16.2 Å². The number of hydrogen-bond acceptors (Lipinski definition) is 4. The number of rotatable bonds is 3. The Hall–Kier alpha value is -1.86. The van der Waals surface area contributed by atoms with Crippen molar-refractivity contribution in [2.45, 2.75) is 13.5 Å². The predicted octanol–water partition coefficient (Wildman–Crippen LogP) is 2.90. The highest BCUT2D eigenvalue weighted by Gasteiger charge is 2.02. The van der Waals surface area contributed by atoms with Crippen LogP contribution in [0.4, 0.5) is 0 Å². The topological polar surface area (TPSA) is 45.9 Å². The number of benzene rings is 1. The molecule has 0 aliphatic heterocycles. The summed E-state index contributed by atoms with van der Waals surface area (Å²) in [6.07, 6.45) is 1.79. The van der Waals surface area contributed by atoms with E-state index in [-0.39, 0.29) is 0 Å². The van der Waals surface area contributed by atoms with Gasteiger partial charge in [-0.15, -0.1) is 11.3 Å². The fraction of sp³-hybridized carbons (Fsp3) is 0.167. The molecular weight excluding hydrogens is 220 g/mol. The van der Waals surface area contributed by atoms with E-state index in [0.29, 0.717) is 12.2 Å². The zero-order valence-electron chi connectivity index (χ0n) is 8.80. The summed E-state index contributed by atoms with van der Waals surface area (Å²) in [6, 6.07) is 7.53. The van der Waals surface area contributed by atoms with Gasteiger partial charge in [0.1, 0.15) is 12.4 Å². The lowest BCUT2D eigenvalue weighted by Gasteiger charge is -2.07. The molecule has 0 unspecified atom stereocenters. The molecule has 0 saturated heterocycles. The number of hydrogen-bond donors (Lipinski definition) is 0. The Morgan fingerprint density at radius 2 is 2.38 bits per heavy atom. The van der Waals surface area contributed by atoms with Gasteiger partial charge in [-0.1, -0.05) is 6.07 Å². The van der Waals surface area contributed by atoms with Crippen molar-refractivity contribution < 1.29 is 4.74 Å². The average molecular weight is 230 g/mol. The monoisotopic (exact) mass is 230 g/mol. The van der Waals surface area contributed by atoms with Gasteiger partial charge in [0.25, 0.3) is 0 Å². The Balaban J connectivity index is 2.12. The molecule has 3 nitrogen and oxygen atoms in total. The molecule has 2 rings (SSSR count). The Kier molecular flexibility index (Phi) is 3.18. The first-order valence-electron chi connectivity index (χ1n) is 4.80. The fourth-order valence-electron chi connectivity index (χ4n) is 1.29. The maximum atomic E-state index is 8.79. The zero-order chi connectivity index (χ0) is 11.4. The molecular formula is C12H10N2OS. The molecule has 0 bridgehead atoms. The second-order valence-electron chi connectivity index (χ2n) is 3.35. The quantitative estimate of drug-likeness (QED) is 0.814. The summed E-state index contributed by atoms with van der Waals surface area (Å²) < 4.78 is 5.64. The largest absolute Gasteiger partial charge is 0.488 e. The molecule has 0 spiro atoms. The van der Waals surface area contributed by atoms with Crippen molar-refractivity contribution in [3.63, 3.8) is 0 Å². The lowest BCUT2D eigenvalue weighted by molar-refractivity contribution is 0.307. The van der Waals surface area contributed by atoms with E-state index in [2.05, 4.69) is 11.1 Å². The third kappa shape index (κ3) is 2.38. The molecule has 2 aromatic rings. The molecule has 0 atom stereocenters. The number of ether oxygens (including phenoxy) is 1. The highest BCUT2D eigenvalue weighted by Crippen LogP contribution is 2.21. The van der Waals surface area contributed by atoms with E-state index < -0.39 is 0 Å². The van der Waals surface area contributed by atoms with Gasteiger partial charge in [-0.3, -0.25) is 4.98 Å². The van der Waals surface area contributed by atoms with E-state index in [1.807, 2.05) is 13.0 Å². The van der Waals surface area contributed by atoms with Crippen LogP contribution in [0, 0.1) is 18.3 Å².